The maximum Gasteiger partial charge on any atom is 0.342 e. The Kier molecular flexibility index (Phi) is 6.85. The molecule has 140 valence electrons. The summed E-state index contributed by atoms with van der Waals surface area (Å²) in [4.78, 5) is 25.4. The number of ether oxygens (including phenoxy) is 4. The van der Waals surface area contributed by atoms with Crippen molar-refractivity contribution in [3.63, 3.8) is 0 Å². The number of rotatable bonds is 8. The third kappa shape index (κ3) is 4.66. The number of hydrogen-bond donors (Lipinski definition) is 1. The highest BCUT2D eigenvalue weighted by Gasteiger charge is 2.20. The molecular formula is C18H21NO6S. The Morgan fingerprint density at radius 3 is 2.31 bits per heavy atom. The third-order valence-corrected chi connectivity index (χ3v) is 4.66. The van der Waals surface area contributed by atoms with Gasteiger partial charge in [0.1, 0.15) is 11.3 Å². The molecule has 0 spiro atoms. The van der Waals surface area contributed by atoms with Gasteiger partial charge in [-0.25, -0.2) is 4.79 Å². The van der Waals surface area contributed by atoms with E-state index >= 15 is 0 Å². The number of amides is 1. The van der Waals surface area contributed by atoms with Crippen LogP contribution in [-0.4, -0.2) is 39.8 Å². The van der Waals surface area contributed by atoms with Crippen molar-refractivity contribution in [2.45, 2.75) is 13.0 Å². The topological polar surface area (TPSA) is 83.1 Å². The number of esters is 1. The molecule has 1 aromatic heterocycles. The van der Waals surface area contributed by atoms with Crippen molar-refractivity contribution in [3.8, 4) is 17.2 Å². The van der Waals surface area contributed by atoms with Crippen LogP contribution in [0.2, 0.25) is 0 Å². The van der Waals surface area contributed by atoms with Crippen molar-refractivity contribution in [2.75, 3.05) is 27.9 Å². The molecule has 0 aliphatic carbocycles. The summed E-state index contributed by atoms with van der Waals surface area (Å²) in [5.41, 5.74) is 0.143. The molecule has 1 unspecified atom stereocenters. The lowest BCUT2D eigenvalue weighted by molar-refractivity contribution is -0.124. The molecule has 0 saturated heterocycles. The zero-order valence-electron chi connectivity index (χ0n) is 15.0. The lowest BCUT2D eigenvalue weighted by Crippen LogP contribution is -2.30. The zero-order valence-corrected chi connectivity index (χ0v) is 15.8. The predicted molar refractivity (Wildman–Crippen MR) is 97.3 cm³/mol. The molecule has 0 aliphatic rings. The summed E-state index contributed by atoms with van der Waals surface area (Å²) in [6.07, 6.45) is 0. The van der Waals surface area contributed by atoms with Crippen molar-refractivity contribution in [1.29, 1.82) is 0 Å². The summed E-state index contributed by atoms with van der Waals surface area (Å²) in [5.74, 6) is -0.0418. The molecular weight excluding hydrogens is 358 g/mol. The minimum absolute atomic E-state index is 0.143. The van der Waals surface area contributed by atoms with Crippen molar-refractivity contribution < 1.29 is 28.5 Å². The number of hydrogen-bond acceptors (Lipinski definition) is 7. The fraction of sp³-hybridized carbons (Fsp3) is 0.333. The molecule has 1 amide bonds. The molecule has 1 N–H and O–H groups in total. The first-order valence-corrected chi connectivity index (χ1v) is 8.68. The highest BCUT2D eigenvalue weighted by molar-refractivity contribution is 7.10. The van der Waals surface area contributed by atoms with Crippen LogP contribution in [-0.2, 0) is 9.53 Å². The van der Waals surface area contributed by atoms with Gasteiger partial charge in [-0.15, -0.1) is 11.3 Å². The van der Waals surface area contributed by atoms with Crippen LogP contribution in [0.15, 0.2) is 29.6 Å². The second-order valence-electron chi connectivity index (χ2n) is 5.29. The minimum atomic E-state index is -0.693. The number of carbonyl (C=O) groups excluding carboxylic acids is 2. The molecule has 0 aliphatic heterocycles. The van der Waals surface area contributed by atoms with E-state index in [1.54, 1.807) is 11.3 Å². The van der Waals surface area contributed by atoms with E-state index in [1.165, 1.54) is 33.5 Å². The van der Waals surface area contributed by atoms with Crippen molar-refractivity contribution in [2.24, 2.45) is 0 Å². The fourth-order valence-electron chi connectivity index (χ4n) is 2.29. The molecule has 0 saturated carbocycles. The number of thiophene rings is 1. The molecule has 2 rings (SSSR count). The molecule has 0 radical (unpaired) electrons. The summed E-state index contributed by atoms with van der Waals surface area (Å²) in [7, 11) is 4.36. The van der Waals surface area contributed by atoms with Gasteiger partial charge in [0.05, 0.1) is 27.4 Å². The lowest BCUT2D eigenvalue weighted by Gasteiger charge is -2.14. The Morgan fingerprint density at radius 1 is 1.08 bits per heavy atom. The second kappa shape index (κ2) is 9.10. The van der Waals surface area contributed by atoms with E-state index in [9.17, 15) is 9.59 Å². The normalized spacial score (nSPS) is 11.4. The Bertz CT molecular complexity index is 759. The van der Waals surface area contributed by atoms with E-state index in [0.717, 1.165) is 4.88 Å². The van der Waals surface area contributed by atoms with E-state index in [4.69, 9.17) is 18.9 Å². The molecule has 1 atom stereocenters. The maximum absolute atomic E-state index is 12.3. The number of carbonyl (C=O) groups is 2. The van der Waals surface area contributed by atoms with Gasteiger partial charge in [0.2, 0.25) is 0 Å². The third-order valence-electron chi connectivity index (χ3n) is 3.61. The Balaban J connectivity index is 2.02. The summed E-state index contributed by atoms with van der Waals surface area (Å²) in [6.45, 7) is 1.47. The highest BCUT2D eigenvalue weighted by Crippen LogP contribution is 2.34. The lowest BCUT2D eigenvalue weighted by atomic mass is 10.1. The number of benzene rings is 1. The molecule has 1 heterocycles. The first-order valence-electron chi connectivity index (χ1n) is 7.80. The summed E-state index contributed by atoms with van der Waals surface area (Å²) in [5, 5.41) is 4.71. The number of nitrogens with one attached hydrogen (secondary N) is 1. The molecule has 8 heteroatoms. The van der Waals surface area contributed by atoms with Gasteiger partial charge in [-0.3, -0.25) is 4.79 Å². The van der Waals surface area contributed by atoms with Crippen LogP contribution in [0.25, 0.3) is 0 Å². The van der Waals surface area contributed by atoms with Crippen LogP contribution in [0.1, 0.15) is 28.2 Å². The van der Waals surface area contributed by atoms with E-state index in [1.807, 2.05) is 24.4 Å². The van der Waals surface area contributed by atoms with Crippen LogP contribution in [0.3, 0.4) is 0 Å². The second-order valence-corrected chi connectivity index (χ2v) is 6.27. The van der Waals surface area contributed by atoms with Crippen LogP contribution < -0.4 is 19.5 Å². The monoisotopic (exact) mass is 379 g/mol. The highest BCUT2D eigenvalue weighted by atomic mass is 32.1. The molecule has 2 aromatic rings. The number of methoxy groups -OCH3 is 3. The van der Waals surface area contributed by atoms with Crippen LogP contribution >= 0.6 is 11.3 Å². The summed E-state index contributed by atoms with van der Waals surface area (Å²) in [6, 6.07) is 6.65. The summed E-state index contributed by atoms with van der Waals surface area (Å²) < 4.78 is 20.6. The molecule has 1 aromatic carbocycles. The van der Waals surface area contributed by atoms with E-state index in [-0.39, 0.29) is 17.4 Å². The van der Waals surface area contributed by atoms with Crippen LogP contribution in [0.4, 0.5) is 0 Å². The molecule has 0 fully saturated rings. The quantitative estimate of drug-likeness (QED) is 0.710. The Hall–Kier alpha value is -2.74. The van der Waals surface area contributed by atoms with Gasteiger partial charge in [0, 0.05) is 17.0 Å². The minimum Gasteiger partial charge on any atom is -0.496 e. The van der Waals surface area contributed by atoms with E-state index in [0.29, 0.717) is 11.5 Å². The summed E-state index contributed by atoms with van der Waals surface area (Å²) >= 11 is 1.54. The first-order chi connectivity index (χ1) is 12.5. The van der Waals surface area contributed by atoms with Crippen molar-refractivity contribution >= 4 is 23.2 Å². The fourth-order valence-corrected chi connectivity index (χ4v) is 3.02. The van der Waals surface area contributed by atoms with Gasteiger partial charge >= 0.3 is 5.97 Å². The molecule has 0 bridgehead atoms. The Morgan fingerprint density at radius 2 is 1.73 bits per heavy atom. The zero-order chi connectivity index (χ0) is 19.1. The smallest absolute Gasteiger partial charge is 0.342 e. The van der Waals surface area contributed by atoms with Gasteiger partial charge in [-0.2, -0.15) is 0 Å². The van der Waals surface area contributed by atoms with Crippen molar-refractivity contribution in [3.05, 3.63) is 40.1 Å². The Labute approximate surface area is 155 Å². The maximum atomic E-state index is 12.3. The predicted octanol–water partition coefficient (Wildman–Crippen LogP) is 2.81. The van der Waals surface area contributed by atoms with Gasteiger partial charge in [0.25, 0.3) is 5.91 Å². The largest absolute Gasteiger partial charge is 0.496 e. The van der Waals surface area contributed by atoms with Gasteiger partial charge in [-0.05, 0) is 18.4 Å². The average molecular weight is 379 g/mol. The van der Waals surface area contributed by atoms with Crippen LogP contribution in [0.5, 0.6) is 17.2 Å². The van der Waals surface area contributed by atoms with Gasteiger partial charge in [-0.1, -0.05) is 6.07 Å². The van der Waals surface area contributed by atoms with E-state index < -0.39 is 18.5 Å². The standard InChI is InChI=1S/C18H21NO6S/c1-11(16-6-5-7-26-16)19-17(20)10-25-18(21)12-8-14(23-3)15(24-4)9-13(12)22-2/h5-9,11H,10H2,1-4H3,(H,19,20). The average Bonchev–Trinajstić information content (AvgIpc) is 3.19. The molecule has 26 heavy (non-hydrogen) atoms. The van der Waals surface area contributed by atoms with Crippen molar-refractivity contribution in [1.82, 2.24) is 5.32 Å². The SMILES string of the molecule is COc1cc(OC)c(C(=O)OCC(=O)NC(C)c2cccs2)cc1OC. The van der Waals surface area contributed by atoms with E-state index in [2.05, 4.69) is 5.32 Å². The van der Waals surface area contributed by atoms with Gasteiger partial charge < -0.3 is 24.3 Å². The molecule has 7 nitrogen and oxygen atoms in total. The first kappa shape index (κ1) is 19.6. The van der Waals surface area contributed by atoms with Crippen LogP contribution in [0, 0.1) is 0 Å². The van der Waals surface area contributed by atoms with Gasteiger partial charge in [0.15, 0.2) is 18.1 Å².